The molecule has 2 heterocycles. The van der Waals surface area contributed by atoms with Gasteiger partial charge in [0.2, 0.25) is 0 Å². The van der Waals surface area contributed by atoms with Crippen LogP contribution in [-0.4, -0.2) is 36.6 Å². The number of nitrogens with one attached hydrogen (secondary N) is 1. The molecule has 1 fully saturated rings. The number of benzene rings is 3. The number of hydrogen-bond donors (Lipinski definition) is 2. The number of anilines is 1. The topological polar surface area (TPSA) is 91.4 Å². The number of hydrogen-bond acceptors (Lipinski definition) is 6. The van der Waals surface area contributed by atoms with Crippen molar-refractivity contribution in [3.63, 3.8) is 0 Å². The first-order valence-corrected chi connectivity index (χ1v) is 17.5. The summed E-state index contributed by atoms with van der Waals surface area (Å²) in [6.45, 7) is 11.6. The van der Waals surface area contributed by atoms with Crippen molar-refractivity contribution in [1.82, 2.24) is 14.9 Å². The Morgan fingerprint density at radius 3 is 1.86 bits per heavy atom. The van der Waals surface area contributed by atoms with Gasteiger partial charge in [0.1, 0.15) is 12.0 Å². The smallest absolute Gasteiger partial charge is 0.351 e. The Labute approximate surface area is 249 Å². The van der Waals surface area contributed by atoms with Crippen LogP contribution in [0.2, 0.25) is 18.1 Å². The van der Waals surface area contributed by atoms with Gasteiger partial charge in [-0.2, -0.15) is 4.98 Å². The lowest BCUT2D eigenvalue weighted by Gasteiger charge is -2.41. The molecule has 3 N–H and O–H groups in total. The van der Waals surface area contributed by atoms with E-state index in [-0.39, 0.29) is 23.0 Å². The lowest BCUT2D eigenvalue weighted by molar-refractivity contribution is -0.0274. The van der Waals surface area contributed by atoms with E-state index in [1.54, 1.807) is 12.3 Å². The van der Waals surface area contributed by atoms with E-state index in [0.29, 0.717) is 13.0 Å². The number of rotatable bonds is 9. The Kier molecular flexibility index (Phi) is 8.53. The van der Waals surface area contributed by atoms with Gasteiger partial charge in [-0.15, -0.1) is 0 Å². The Bertz CT molecular complexity index is 1420. The third-order valence-electron chi connectivity index (χ3n) is 8.83. The first kappa shape index (κ1) is 29.9. The van der Waals surface area contributed by atoms with Crippen LogP contribution < -0.4 is 16.7 Å². The monoisotopic (exact) mass is 582 g/mol. The van der Waals surface area contributed by atoms with E-state index in [0.717, 1.165) is 16.7 Å². The summed E-state index contributed by atoms with van der Waals surface area (Å²) in [6, 6.07) is 33.0. The summed E-state index contributed by atoms with van der Waals surface area (Å²) >= 11 is 0. The summed E-state index contributed by atoms with van der Waals surface area (Å²) in [5, 5.41) is 4.13. The molecule has 1 aliphatic heterocycles. The van der Waals surface area contributed by atoms with Crippen molar-refractivity contribution in [3.05, 3.63) is 130 Å². The van der Waals surface area contributed by atoms with Gasteiger partial charge in [-0.3, -0.25) is 9.88 Å². The fourth-order valence-corrected chi connectivity index (χ4v) is 6.47. The number of ether oxygens (including phenoxy) is 1. The molecule has 7 nitrogen and oxygen atoms in total. The van der Waals surface area contributed by atoms with Crippen LogP contribution in [0.15, 0.2) is 108 Å². The summed E-state index contributed by atoms with van der Waals surface area (Å²) in [5.74, 6) is 0.193. The highest BCUT2D eigenvalue weighted by atomic mass is 28.4. The lowest BCUT2D eigenvalue weighted by Crippen LogP contribution is -2.54. The van der Waals surface area contributed by atoms with E-state index in [1.165, 1.54) is 4.57 Å². The van der Waals surface area contributed by atoms with Gasteiger partial charge in [0.15, 0.2) is 8.32 Å². The standard InChI is InChI=1S/C34H42N4O3Si/c1-33(2,3)42(4,5)40-24-29-28(23-31(41-29)38-22-21-30(35)36-32(38)39)37-34(25-15-9-6-10-16-25,26-17-11-7-12-18-26)27-19-13-8-14-20-27/h6-22,28-29,31,37H,23-24H2,1-5H3,(H2,35,36,39)/t28-,29+,31+/m0/s1. The number of nitrogen functional groups attached to an aromatic ring is 1. The van der Waals surface area contributed by atoms with Crippen molar-refractivity contribution < 1.29 is 9.16 Å². The zero-order valence-corrected chi connectivity index (χ0v) is 26.2. The number of nitrogens with two attached hydrogens (primary N) is 1. The Morgan fingerprint density at radius 1 is 0.905 bits per heavy atom. The second-order valence-corrected chi connectivity index (χ2v) is 17.4. The van der Waals surface area contributed by atoms with Crippen molar-refractivity contribution in [3.8, 4) is 0 Å². The van der Waals surface area contributed by atoms with Gasteiger partial charge in [-0.1, -0.05) is 112 Å². The molecule has 4 aromatic rings. The molecule has 0 amide bonds. The average Bonchev–Trinajstić information content (AvgIpc) is 3.37. The Morgan fingerprint density at radius 2 is 1.40 bits per heavy atom. The quantitative estimate of drug-likeness (QED) is 0.183. The van der Waals surface area contributed by atoms with E-state index in [9.17, 15) is 4.79 Å². The summed E-state index contributed by atoms with van der Waals surface area (Å²) < 4.78 is 14.9. The Balaban J connectivity index is 1.61. The molecule has 0 spiro atoms. The van der Waals surface area contributed by atoms with Crippen molar-refractivity contribution in [2.75, 3.05) is 12.3 Å². The van der Waals surface area contributed by atoms with Crippen LogP contribution >= 0.6 is 0 Å². The molecule has 1 saturated heterocycles. The van der Waals surface area contributed by atoms with Gasteiger partial charge >= 0.3 is 5.69 Å². The molecule has 5 rings (SSSR count). The zero-order valence-electron chi connectivity index (χ0n) is 25.2. The zero-order chi connectivity index (χ0) is 30.0. The maximum absolute atomic E-state index is 12.9. The van der Waals surface area contributed by atoms with Gasteiger partial charge < -0.3 is 14.9 Å². The predicted octanol–water partition coefficient (Wildman–Crippen LogP) is 6.09. The van der Waals surface area contributed by atoms with Crippen LogP contribution in [0.1, 0.15) is 50.1 Å². The van der Waals surface area contributed by atoms with E-state index in [1.807, 2.05) is 18.2 Å². The molecular weight excluding hydrogens is 540 g/mol. The van der Waals surface area contributed by atoms with Crippen LogP contribution in [0.5, 0.6) is 0 Å². The third kappa shape index (κ3) is 5.98. The van der Waals surface area contributed by atoms with Crippen LogP contribution in [0, 0.1) is 0 Å². The van der Waals surface area contributed by atoms with Crippen molar-refractivity contribution in [2.24, 2.45) is 0 Å². The molecule has 3 aromatic carbocycles. The van der Waals surface area contributed by atoms with Gasteiger partial charge in [-0.25, -0.2) is 4.79 Å². The molecule has 42 heavy (non-hydrogen) atoms. The maximum atomic E-state index is 12.9. The Hall–Kier alpha value is -3.56. The largest absolute Gasteiger partial charge is 0.414 e. The molecule has 1 aromatic heterocycles. The number of nitrogens with zero attached hydrogens (tertiary/aromatic N) is 2. The minimum absolute atomic E-state index is 0.0492. The molecule has 0 saturated carbocycles. The highest BCUT2D eigenvalue weighted by Gasteiger charge is 2.46. The molecular formula is C34H42N4O3Si. The summed E-state index contributed by atoms with van der Waals surface area (Å²) in [6.07, 6.45) is 1.38. The molecule has 0 unspecified atom stereocenters. The van der Waals surface area contributed by atoms with E-state index in [2.05, 4.69) is 117 Å². The SMILES string of the molecule is CC(C)(C)[Si](C)(C)OC[C@H]1O[C@@H](n2ccc(N)nc2=O)C[C@@H]1NC(c1ccccc1)(c1ccccc1)c1ccccc1. The molecule has 0 aliphatic carbocycles. The van der Waals surface area contributed by atoms with Gasteiger partial charge in [0.05, 0.1) is 18.2 Å². The van der Waals surface area contributed by atoms with E-state index in [4.69, 9.17) is 14.9 Å². The molecule has 220 valence electrons. The van der Waals surface area contributed by atoms with E-state index < -0.39 is 25.8 Å². The first-order valence-electron chi connectivity index (χ1n) is 14.6. The molecule has 3 atom stereocenters. The van der Waals surface area contributed by atoms with Gasteiger partial charge in [0.25, 0.3) is 0 Å². The van der Waals surface area contributed by atoms with Crippen LogP contribution in [0.25, 0.3) is 0 Å². The molecule has 0 radical (unpaired) electrons. The van der Waals surface area contributed by atoms with Crippen molar-refractivity contribution >= 4 is 14.1 Å². The second kappa shape index (κ2) is 12.0. The van der Waals surface area contributed by atoms with Crippen LogP contribution in [0.3, 0.4) is 0 Å². The van der Waals surface area contributed by atoms with E-state index >= 15 is 0 Å². The summed E-state index contributed by atoms with van der Waals surface area (Å²) in [4.78, 5) is 16.8. The highest BCUT2D eigenvalue weighted by molar-refractivity contribution is 6.74. The molecule has 0 bridgehead atoms. The molecule has 1 aliphatic rings. The first-order chi connectivity index (χ1) is 20.0. The summed E-state index contributed by atoms with van der Waals surface area (Å²) in [5.41, 5.74) is 8.02. The van der Waals surface area contributed by atoms with Crippen molar-refractivity contribution in [2.45, 2.75) is 69.2 Å². The highest BCUT2D eigenvalue weighted by Crippen LogP contribution is 2.41. The predicted molar refractivity (Wildman–Crippen MR) is 171 cm³/mol. The fraction of sp³-hybridized carbons (Fsp3) is 0.353. The second-order valence-electron chi connectivity index (χ2n) is 12.6. The van der Waals surface area contributed by atoms with Gasteiger partial charge in [0, 0.05) is 18.7 Å². The number of aromatic nitrogens is 2. The maximum Gasteiger partial charge on any atom is 0.351 e. The lowest BCUT2D eigenvalue weighted by atomic mass is 9.76. The third-order valence-corrected chi connectivity index (χ3v) is 13.3. The van der Waals surface area contributed by atoms with Crippen LogP contribution in [-0.2, 0) is 14.7 Å². The van der Waals surface area contributed by atoms with Crippen LogP contribution in [0.4, 0.5) is 5.82 Å². The average molecular weight is 583 g/mol. The van der Waals surface area contributed by atoms with Crippen molar-refractivity contribution in [1.29, 1.82) is 0 Å². The van der Waals surface area contributed by atoms with Gasteiger partial charge in [-0.05, 0) is 40.9 Å². The minimum Gasteiger partial charge on any atom is -0.414 e. The fourth-order valence-electron chi connectivity index (χ4n) is 5.45. The molecule has 8 heteroatoms. The summed E-state index contributed by atoms with van der Waals surface area (Å²) in [7, 11) is -2.08. The minimum atomic E-state index is -2.08. The normalized spacial score (nSPS) is 19.6.